The van der Waals surface area contributed by atoms with Crippen molar-refractivity contribution in [3.8, 4) is 0 Å². The van der Waals surface area contributed by atoms with Gasteiger partial charge in [-0.2, -0.15) is 10.2 Å². The van der Waals surface area contributed by atoms with E-state index in [0.717, 1.165) is 10.4 Å². The van der Waals surface area contributed by atoms with Gasteiger partial charge in [-0.3, -0.25) is 9.48 Å². The molecule has 0 bridgehead atoms. The summed E-state index contributed by atoms with van der Waals surface area (Å²) in [5, 5.41) is 10.1. The summed E-state index contributed by atoms with van der Waals surface area (Å²) in [6.07, 6.45) is 5.25. The first kappa shape index (κ1) is 14.2. The van der Waals surface area contributed by atoms with Crippen LogP contribution in [0.15, 0.2) is 65.3 Å². The van der Waals surface area contributed by atoms with Crippen LogP contribution in [0.1, 0.15) is 20.8 Å². The van der Waals surface area contributed by atoms with Crippen LogP contribution in [0.2, 0.25) is 0 Å². The number of carbonyl (C=O) groups is 1. The number of amides is 1. The lowest BCUT2D eigenvalue weighted by molar-refractivity contribution is 0.0955. The topological polar surface area (TPSA) is 59.3 Å². The predicted molar refractivity (Wildman–Crippen MR) is 87.2 cm³/mol. The normalized spacial score (nSPS) is 10.9. The zero-order valence-electron chi connectivity index (χ0n) is 11.7. The summed E-state index contributed by atoms with van der Waals surface area (Å²) < 4.78 is 1.81. The van der Waals surface area contributed by atoms with Gasteiger partial charge in [0.05, 0.1) is 12.8 Å². The highest BCUT2D eigenvalue weighted by Gasteiger charge is 2.05. The van der Waals surface area contributed by atoms with Gasteiger partial charge in [-0.05, 0) is 35.2 Å². The lowest BCUT2D eigenvalue weighted by Crippen LogP contribution is -2.17. The molecule has 0 saturated heterocycles. The summed E-state index contributed by atoms with van der Waals surface area (Å²) in [6, 6.07) is 13.2. The molecule has 0 radical (unpaired) electrons. The molecule has 0 aliphatic rings. The Balaban J connectivity index is 1.65. The van der Waals surface area contributed by atoms with Crippen LogP contribution in [0.4, 0.5) is 0 Å². The van der Waals surface area contributed by atoms with E-state index in [4.69, 9.17) is 0 Å². The number of hydrazone groups is 1. The van der Waals surface area contributed by atoms with Crippen molar-refractivity contribution >= 4 is 23.5 Å². The first-order chi connectivity index (χ1) is 10.8. The second-order valence-corrected chi connectivity index (χ2v) is 5.60. The van der Waals surface area contributed by atoms with Crippen LogP contribution < -0.4 is 5.43 Å². The first-order valence-electron chi connectivity index (χ1n) is 6.74. The largest absolute Gasteiger partial charge is 0.271 e. The minimum atomic E-state index is -0.227. The zero-order chi connectivity index (χ0) is 15.2. The number of thiophene rings is 1. The van der Waals surface area contributed by atoms with Crippen molar-refractivity contribution in [3.63, 3.8) is 0 Å². The molecule has 1 aromatic carbocycles. The van der Waals surface area contributed by atoms with Crippen molar-refractivity contribution in [3.05, 3.63) is 76.2 Å². The molecule has 3 aromatic rings. The Labute approximate surface area is 131 Å². The minimum Gasteiger partial charge on any atom is -0.268 e. The van der Waals surface area contributed by atoms with Crippen LogP contribution in [0.5, 0.6) is 0 Å². The average molecular weight is 310 g/mol. The number of rotatable bonds is 5. The molecule has 5 nitrogen and oxygen atoms in total. The highest BCUT2D eigenvalue weighted by molar-refractivity contribution is 7.11. The van der Waals surface area contributed by atoms with Gasteiger partial charge in [0.15, 0.2) is 0 Å². The Hall–Kier alpha value is -2.73. The SMILES string of the molecule is O=C(N/N=C/c1cccs1)c1cccc(Cn2cccn2)c1. The summed E-state index contributed by atoms with van der Waals surface area (Å²) in [7, 11) is 0. The molecule has 1 amide bonds. The minimum absolute atomic E-state index is 0.227. The van der Waals surface area contributed by atoms with Gasteiger partial charge < -0.3 is 0 Å². The van der Waals surface area contributed by atoms with Gasteiger partial charge in [-0.1, -0.05) is 18.2 Å². The first-order valence-corrected chi connectivity index (χ1v) is 7.62. The molecule has 22 heavy (non-hydrogen) atoms. The van der Waals surface area contributed by atoms with E-state index in [2.05, 4.69) is 15.6 Å². The van der Waals surface area contributed by atoms with Crippen molar-refractivity contribution in [1.29, 1.82) is 0 Å². The summed E-state index contributed by atoms with van der Waals surface area (Å²) in [5.41, 5.74) is 4.13. The lowest BCUT2D eigenvalue weighted by atomic mass is 10.1. The molecule has 0 aliphatic heterocycles. The van der Waals surface area contributed by atoms with E-state index in [-0.39, 0.29) is 5.91 Å². The maximum absolute atomic E-state index is 12.1. The molecule has 0 spiro atoms. The summed E-state index contributed by atoms with van der Waals surface area (Å²) in [6.45, 7) is 0.632. The Bertz CT molecular complexity index is 763. The van der Waals surface area contributed by atoms with Crippen molar-refractivity contribution in [1.82, 2.24) is 15.2 Å². The van der Waals surface area contributed by atoms with Crippen molar-refractivity contribution < 1.29 is 4.79 Å². The molecule has 0 saturated carbocycles. The van der Waals surface area contributed by atoms with Crippen LogP contribution >= 0.6 is 11.3 Å². The predicted octanol–water partition coefficient (Wildman–Crippen LogP) is 2.76. The van der Waals surface area contributed by atoms with E-state index in [9.17, 15) is 4.79 Å². The Morgan fingerprint density at radius 3 is 3.05 bits per heavy atom. The molecular weight excluding hydrogens is 296 g/mol. The molecular formula is C16H14N4OS. The van der Waals surface area contributed by atoms with Gasteiger partial charge in [0.25, 0.3) is 5.91 Å². The quantitative estimate of drug-likeness (QED) is 0.582. The number of aromatic nitrogens is 2. The van der Waals surface area contributed by atoms with Gasteiger partial charge in [-0.25, -0.2) is 5.43 Å². The van der Waals surface area contributed by atoms with Crippen LogP contribution in [0.3, 0.4) is 0 Å². The fourth-order valence-electron chi connectivity index (χ4n) is 1.98. The van der Waals surface area contributed by atoms with Crippen LogP contribution in [-0.4, -0.2) is 21.9 Å². The van der Waals surface area contributed by atoms with Crippen LogP contribution in [0, 0.1) is 0 Å². The van der Waals surface area contributed by atoms with Gasteiger partial charge in [-0.15, -0.1) is 11.3 Å². The summed E-state index contributed by atoms with van der Waals surface area (Å²) in [5.74, 6) is -0.227. The number of nitrogens with zero attached hydrogens (tertiary/aromatic N) is 3. The van der Waals surface area contributed by atoms with Crippen LogP contribution in [-0.2, 0) is 6.54 Å². The van der Waals surface area contributed by atoms with Gasteiger partial charge in [0.1, 0.15) is 0 Å². The maximum atomic E-state index is 12.1. The van der Waals surface area contributed by atoms with Gasteiger partial charge in [0.2, 0.25) is 0 Å². The molecule has 0 fully saturated rings. The average Bonchev–Trinajstić information content (AvgIpc) is 3.21. The monoisotopic (exact) mass is 310 g/mol. The molecule has 0 aliphatic carbocycles. The third kappa shape index (κ3) is 3.67. The Kier molecular flexibility index (Phi) is 4.41. The molecule has 2 aromatic heterocycles. The number of carbonyl (C=O) groups excluding carboxylic acids is 1. The highest BCUT2D eigenvalue weighted by Crippen LogP contribution is 2.07. The number of hydrogen-bond acceptors (Lipinski definition) is 4. The summed E-state index contributed by atoms with van der Waals surface area (Å²) in [4.78, 5) is 13.1. The second-order valence-electron chi connectivity index (χ2n) is 4.62. The Morgan fingerprint density at radius 1 is 1.32 bits per heavy atom. The van der Waals surface area contributed by atoms with Gasteiger partial charge in [0, 0.05) is 22.8 Å². The van der Waals surface area contributed by atoms with Crippen molar-refractivity contribution in [2.24, 2.45) is 5.10 Å². The van der Waals surface area contributed by atoms with Gasteiger partial charge >= 0.3 is 0 Å². The molecule has 0 unspecified atom stereocenters. The van der Waals surface area contributed by atoms with E-state index in [1.807, 2.05) is 52.7 Å². The maximum Gasteiger partial charge on any atom is 0.271 e. The second kappa shape index (κ2) is 6.82. The van der Waals surface area contributed by atoms with Crippen molar-refractivity contribution in [2.45, 2.75) is 6.54 Å². The molecule has 3 rings (SSSR count). The van der Waals surface area contributed by atoms with E-state index in [1.54, 1.807) is 29.8 Å². The molecule has 1 N–H and O–H groups in total. The van der Waals surface area contributed by atoms with E-state index in [0.29, 0.717) is 12.1 Å². The van der Waals surface area contributed by atoms with E-state index in [1.165, 1.54) is 0 Å². The lowest BCUT2D eigenvalue weighted by Gasteiger charge is -2.04. The van der Waals surface area contributed by atoms with E-state index < -0.39 is 0 Å². The molecule has 0 atom stereocenters. The smallest absolute Gasteiger partial charge is 0.268 e. The zero-order valence-corrected chi connectivity index (χ0v) is 12.5. The number of benzene rings is 1. The molecule has 6 heteroatoms. The molecule has 2 heterocycles. The highest BCUT2D eigenvalue weighted by atomic mass is 32.1. The molecule has 110 valence electrons. The fraction of sp³-hybridized carbons (Fsp3) is 0.0625. The Morgan fingerprint density at radius 2 is 2.27 bits per heavy atom. The van der Waals surface area contributed by atoms with E-state index >= 15 is 0 Å². The summed E-state index contributed by atoms with van der Waals surface area (Å²) >= 11 is 1.56. The number of hydrogen-bond donors (Lipinski definition) is 1. The van der Waals surface area contributed by atoms with Crippen LogP contribution in [0.25, 0.3) is 0 Å². The third-order valence-electron chi connectivity index (χ3n) is 2.99. The third-order valence-corrected chi connectivity index (χ3v) is 3.80. The fourth-order valence-corrected chi connectivity index (χ4v) is 2.56. The standard InChI is InChI=1S/C16H14N4OS/c21-16(19-17-11-15-6-2-9-22-15)14-5-1-4-13(10-14)12-20-8-3-7-18-20/h1-11H,12H2,(H,19,21)/b17-11+. The van der Waals surface area contributed by atoms with Crippen molar-refractivity contribution in [2.75, 3.05) is 0 Å². The number of nitrogens with one attached hydrogen (secondary N) is 1.